The van der Waals surface area contributed by atoms with E-state index in [1.165, 1.54) is 23.3 Å². The minimum atomic E-state index is -4.79. The fourth-order valence-corrected chi connectivity index (χ4v) is 4.03. The molecule has 1 heterocycles. The van der Waals surface area contributed by atoms with E-state index in [1.807, 2.05) is 0 Å². The van der Waals surface area contributed by atoms with Gasteiger partial charge in [0.15, 0.2) is 0 Å². The fourth-order valence-electron chi connectivity index (χ4n) is 2.58. The Morgan fingerprint density at radius 3 is 2.19 bits per heavy atom. The van der Waals surface area contributed by atoms with Crippen LogP contribution in [0.3, 0.4) is 0 Å². The minimum Gasteiger partial charge on any atom is -0.207 e. The lowest BCUT2D eigenvalue weighted by atomic mass is 10.1. The SMILES string of the molecule is O=S(=O)(NC(Cn1nccn1)c1ccccc1)c1ccccc1C(F)(F)F. The molecule has 10 heteroatoms. The van der Waals surface area contributed by atoms with Crippen LogP contribution < -0.4 is 4.72 Å². The molecule has 1 atom stereocenters. The van der Waals surface area contributed by atoms with E-state index < -0.39 is 32.7 Å². The van der Waals surface area contributed by atoms with Gasteiger partial charge in [-0.25, -0.2) is 13.1 Å². The molecule has 0 spiro atoms. The average molecular weight is 396 g/mol. The molecule has 0 saturated heterocycles. The summed E-state index contributed by atoms with van der Waals surface area (Å²) in [5.74, 6) is 0. The van der Waals surface area contributed by atoms with Crippen LogP contribution in [0.15, 0.2) is 71.9 Å². The van der Waals surface area contributed by atoms with Crippen molar-refractivity contribution in [3.05, 3.63) is 78.1 Å². The predicted octanol–water partition coefficient (Wildman–Crippen LogP) is 3.02. The van der Waals surface area contributed by atoms with Gasteiger partial charge in [0.2, 0.25) is 10.0 Å². The van der Waals surface area contributed by atoms with Crippen molar-refractivity contribution in [3.8, 4) is 0 Å². The van der Waals surface area contributed by atoms with Crippen molar-refractivity contribution in [3.63, 3.8) is 0 Å². The van der Waals surface area contributed by atoms with Crippen molar-refractivity contribution in [1.29, 1.82) is 0 Å². The van der Waals surface area contributed by atoms with E-state index in [2.05, 4.69) is 14.9 Å². The molecule has 1 N–H and O–H groups in total. The largest absolute Gasteiger partial charge is 0.417 e. The maximum atomic E-state index is 13.2. The summed E-state index contributed by atoms with van der Waals surface area (Å²) in [5.41, 5.74) is -0.649. The third-order valence-electron chi connectivity index (χ3n) is 3.79. The summed E-state index contributed by atoms with van der Waals surface area (Å²) in [6, 6.07) is 11.7. The van der Waals surface area contributed by atoms with Crippen LogP contribution in [0.2, 0.25) is 0 Å². The van der Waals surface area contributed by atoms with Gasteiger partial charge < -0.3 is 0 Å². The van der Waals surface area contributed by atoms with Crippen molar-refractivity contribution in [2.75, 3.05) is 0 Å². The second-order valence-electron chi connectivity index (χ2n) is 5.66. The molecule has 0 aliphatic carbocycles. The van der Waals surface area contributed by atoms with Crippen molar-refractivity contribution < 1.29 is 21.6 Å². The zero-order valence-corrected chi connectivity index (χ0v) is 14.7. The number of benzene rings is 2. The predicted molar refractivity (Wildman–Crippen MR) is 91.0 cm³/mol. The fraction of sp³-hybridized carbons (Fsp3) is 0.176. The van der Waals surface area contributed by atoms with Gasteiger partial charge >= 0.3 is 6.18 Å². The highest BCUT2D eigenvalue weighted by molar-refractivity contribution is 7.89. The Morgan fingerprint density at radius 2 is 1.56 bits per heavy atom. The lowest BCUT2D eigenvalue weighted by molar-refractivity contribution is -0.139. The molecule has 1 unspecified atom stereocenters. The number of nitrogens with one attached hydrogen (secondary N) is 1. The molecule has 0 aliphatic rings. The Kier molecular flexibility index (Phi) is 5.29. The molecule has 0 radical (unpaired) electrons. The van der Waals surface area contributed by atoms with Gasteiger partial charge in [0.1, 0.15) is 0 Å². The van der Waals surface area contributed by atoms with E-state index in [0.29, 0.717) is 5.56 Å². The van der Waals surface area contributed by atoms with Crippen LogP contribution in [-0.4, -0.2) is 23.4 Å². The molecule has 0 amide bonds. The second-order valence-corrected chi connectivity index (χ2v) is 7.34. The molecule has 3 aromatic rings. The minimum absolute atomic E-state index is 0.0183. The van der Waals surface area contributed by atoms with Crippen LogP contribution in [0.4, 0.5) is 13.2 Å². The number of halogens is 3. The lowest BCUT2D eigenvalue weighted by Crippen LogP contribution is -2.33. The first kappa shape index (κ1) is 19.1. The molecule has 0 fully saturated rings. The van der Waals surface area contributed by atoms with E-state index in [4.69, 9.17) is 0 Å². The number of sulfonamides is 1. The van der Waals surface area contributed by atoms with Crippen molar-refractivity contribution in [2.45, 2.75) is 23.7 Å². The summed E-state index contributed by atoms with van der Waals surface area (Å²) >= 11 is 0. The Labute approximate surface area is 153 Å². The maximum absolute atomic E-state index is 13.2. The third kappa shape index (κ3) is 4.52. The van der Waals surface area contributed by atoms with Crippen LogP contribution in [-0.2, 0) is 22.7 Å². The molecule has 2 aromatic carbocycles. The topological polar surface area (TPSA) is 76.9 Å². The Bertz CT molecular complexity index is 991. The number of hydrogen-bond acceptors (Lipinski definition) is 4. The first-order chi connectivity index (χ1) is 12.8. The Hall–Kier alpha value is -2.72. The number of hydrogen-bond donors (Lipinski definition) is 1. The van der Waals surface area contributed by atoms with E-state index in [0.717, 1.165) is 18.2 Å². The molecule has 3 rings (SSSR count). The quantitative estimate of drug-likeness (QED) is 0.695. The van der Waals surface area contributed by atoms with Gasteiger partial charge in [-0.15, -0.1) is 0 Å². The van der Waals surface area contributed by atoms with Gasteiger partial charge in [0.25, 0.3) is 0 Å². The van der Waals surface area contributed by atoms with Crippen LogP contribution in [0.5, 0.6) is 0 Å². The van der Waals surface area contributed by atoms with Crippen molar-refractivity contribution >= 4 is 10.0 Å². The number of nitrogens with zero attached hydrogens (tertiary/aromatic N) is 3. The van der Waals surface area contributed by atoms with Gasteiger partial charge in [-0.05, 0) is 17.7 Å². The zero-order valence-electron chi connectivity index (χ0n) is 13.8. The molecule has 6 nitrogen and oxygen atoms in total. The summed E-state index contributed by atoms with van der Waals surface area (Å²) < 4.78 is 67.5. The Balaban J connectivity index is 1.98. The molecule has 142 valence electrons. The van der Waals surface area contributed by atoms with Gasteiger partial charge in [-0.2, -0.15) is 28.2 Å². The number of rotatable bonds is 6. The summed E-state index contributed by atoms with van der Waals surface area (Å²) in [6.45, 7) is 0.0183. The molecule has 27 heavy (non-hydrogen) atoms. The normalized spacial score (nSPS) is 13.4. The lowest BCUT2D eigenvalue weighted by Gasteiger charge is -2.20. The highest BCUT2D eigenvalue weighted by atomic mass is 32.2. The summed E-state index contributed by atoms with van der Waals surface area (Å²) in [7, 11) is -4.46. The molecular formula is C17H15F3N4O2S. The van der Waals surface area contributed by atoms with E-state index in [1.54, 1.807) is 30.3 Å². The van der Waals surface area contributed by atoms with Gasteiger partial charge in [-0.1, -0.05) is 42.5 Å². The van der Waals surface area contributed by atoms with E-state index in [9.17, 15) is 21.6 Å². The molecule has 0 aliphatic heterocycles. The molecule has 1 aromatic heterocycles. The van der Waals surface area contributed by atoms with Crippen LogP contribution in [0.1, 0.15) is 17.2 Å². The zero-order chi connectivity index (χ0) is 19.5. The van der Waals surface area contributed by atoms with Gasteiger partial charge in [0.05, 0.1) is 35.4 Å². The second kappa shape index (κ2) is 7.49. The van der Waals surface area contributed by atoms with Gasteiger partial charge in [-0.3, -0.25) is 0 Å². The summed E-state index contributed by atoms with van der Waals surface area (Å²) in [6.07, 6.45) is -1.94. The van der Waals surface area contributed by atoms with Crippen LogP contribution >= 0.6 is 0 Å². The monoisotopic (exact) mass is 396 g/mol. The third-order valence-corrected chi connectivity index (χ3v) is 5.32. The Morgan fingerprint density at radius 1 is 0.963 bits per heavy atom. The number of alkyl halides is 3. The molecule has 0 saturated carbocycles. The smallest absolute Gasteiger partial charge is 0.207 e. The molecule has 0 bridgehead atoms. The van der Waals surface area contributed by atoms with Crippen LogP contribution in [0.25, 0.3) is 0 Å². The number of aromatic nitrogens is 3. The summed E-state index contributed by atoms with van der Waals surface area (Å²) in [4.78, 5) is 0.433. The van der Waals surface area contributed by atoms with E-state index in [-0.39, 0.29) is 6.54 Å². The first-order valence-corrected chi connectivity index (χ1v) is 9.33. The first-order valence-electron chi connectivity index (χ1n) is 7.85. The van der Waals surface area contributed by atoms with Crippen molar-refractivity contribution in [2.24, 2.45) is 0 Å². The highest BCUT2D eigenvalue weighted by Crippen LogP contribution is 2.34. The standard InChI is InChI=1S/C17H15F3N4O2S/c18-17(19,20)14-8-4-5-9-16(14)27(25,26)23-15(12-24-21-10-11-22-24)13-6-2-1-3-7-13/h1-11,15,23H,12H2. The molecular weight excluding hydrogens is 381 g/mol. The van der Waals surface area contributed by atoms with E-state index >= 15 is 0 Å². The van der Waals surface area contributed by atoms with Gasteiger partial charge in [0, 0.05) is 0 Å². The average Bonchev–Trinajstić information content (AvgIpc) is 3.14. The van der Waals surface area contributed by atoms with Crippen LogP contribution in [0, 0.1) is 0 Å². The van der Waals surface area contributed by atoms with Crippen molar-refractivity contribution in [1.82, 2.24) is 19.7 Å². The summed E-state index contributed by atoms with van der Waals surface area (Å²) in [5, 5.41) is 7.86. The maximum Gasteiger partial charge on any atom is 0.417 e. The highest BCUT2D eigenvalue weighted by Gasteiger charge is 2.37.